The Balaban J connectivity index is 2.36. The average Bonchev–Trinajstić information content (AvgIpc) is 2.19. The first-order chi connectivity index (χ1) is 6.57. The van der Waals surface area contributed by atoms with Crippen molar-refractivity contribution in [2.45, 2.75) is 38.6 Å². The highest BCUT2D eigenvalue weighted by atomic mass is 32.2. The molecule has 1 saturated carbocycles. The summed E-state index contributed by atoms with van der Waals surface area (Å²) in [5.74, 6) is 0.765. The average molecular weight is 220 g/mol. The van der Waals surface area contributed by atoms with Gasteiger partial charge in [0.2, 0.25) is 10.0 Å². The van der Waals surface area contributed by atoms with Gasteiger partial charge in [-0.2, -0.15) is 0 Å². The zero-order valence-corrected chi connectivity index (χ0v) is 9.52. The summed E-state index contributed by atoms with van der Waals surface area (Å²) in [6, 6.07) is 0.141. The molecule has 14 heavy (non-hydrogen) atoms. The first kappa shape index (κ1) is 11.9. The van der Waals surface area contributed by atoms with Gasteiger partial charge in [0, 0.05) is 6.04 Å². The zero-order chi connectivity index (χ0) is 10.6. The van der Waals surface area contributed by atoms with Gasteiger partial charge in [0.15, 0.2) is 0 Å². The Kier molecular flexibility index (Phi) is 4.34. The third-order valence-electron chi connectivity index (χ3n) is 2.91. The Morgan fingerprint density at radius 2 is 1.86 bits per heavy atom. The molecule has 84 valence electrons. The molecule has 0 aromatic heterocycles. The number of nitrogens with two attached hydrogens (primary N) is 1. The molecule has 3 N–H and O–H groups in total. The molecule has 0 aliphatic heterocycles. The second-order valence-electron chi connectivity index (χ2n) is 3.97. The topological polar surface area (TPSA) is 72.2 Å². The summed E-state index contributed by atoms with van der Waals surface area (Å²) in [5, 5.41) is 0. The normalized spacial score (nSPS) is 29.0. The van der Waals surface area contributed by atoms with Crippen LogP contribution in [0.1, 0.15) is 32.6 Å². The Morgan fingerprint density at radius 3 is 2.29 bits per heavy atom. The highest BCUT2D eigenvalue weighted by Crippen LogP contribution is 2.23. The monoisotopic (exact) mass is 220 g/mol. The molecule has 0 amide bonds. The molecule has 0 bridgehead atoms. The van der Waals surface area contributed by atoms with E-state index in [9.17, 15) is 8.42 Å². The molecule has 0 saturated heterocycles. The van der Waals surface area contributed by atoms with Crippen molar-refractivity contribution in [2.24, 2.45) is 11.7 Å². The molecule has 0 spiro atoms. The molecule has 0 aromatic rings. The number of hydrogen-bond acceptors (Lipinski definition) is 3. The van der Waals surface area contributed by atoms with E-state index in [-0.39, 0.29) is 11.8 Å². The van der Waals surface area contributed by atoms with E-state index < -0.39 is 10.0 Å². The summed E-state index contributed by atoms with van der Waals surface area (Å²) in [6.45, 7) is 2.39. The van der Waals surface area contributed by atoms with E-state index in [1.807, 2.05) is 0 Å². The van der Waals surface area contributed by atoms with Gasteiger partial charge >= 0.3 is 0 Å². The van der Waals surface area contributed by atoms with Gasteiger partial charge in [-0.25, -0.2) is 13.1 Å². The maximum Gasteiger partial charge on any atom is 0.211 e. The molecule has 1 aliphatic carbocycles. The van der Waals surface area contributed by atoms with Crippen LogP contribution in [0, 0.1) is 5.92 Å². The largest absolute Gasteiger partial charge is 0.330 e. The molecule has 0 aromatic carbocycles. The molecular formula is C9H20N2O2S. The third kappa shape index (κ3) is 3.55. The minimum absolute atomic E-state index is 0.141. The van der Waals surface area contributed by atoms with Gasteiger partial charge in [-0.3, -0.25) is 0 Å². The van der Waals surface area contributed by atoms with Crippen LogP contribution in [-0.4, -0.2) is 26.8 Å². The van der Waals surface area contributed by atoms with Gasteiger partial charge in [0.25, 0.3) is 0 Å². The number of sulfonamides is 1. The molecule has 1 aliphatic rings. The van der Waals surface area contributed by atoms with Gasteiger partial charge in [0.05, 0.1) is 5.75 Å². The van der Waals surface area contributed by atoms with Crippen molar-refractivity contribution >= 4 is 10.0 Å². The molecule has 1 fully saturated rings. The van der Waals surface area contributed by atoms with Gasteiger partial charge < -0.3 is 5.73 Å². The molecular weight excluding hydrogens is 200 g/mol. The van der Waals surface area contributed by atoms with Crippen molar-refractivity contribution in [2.75, 3.05) is 12.3 Å². The summed E-state index contributed by atoms with van der Waals surface area (Å²) in [5.41, 5.74) is 5.56. The number of rotatable bonds is 4. The Morgan fingerprint density at radius 1 is 1.29 bits per heavy atom. The predicted octanol–water partition coefficient (Wildman–Crippen LogP) is 0.443. The molecule has 1 rings (SSSR count). The Labute approximate surface area is 86.3 Å². The summed E-state index contributed by atoms with van der Waals surface area (Å²) in [6.07, 6.45) is 3.96. The minimum Gasteiger partial charge on any atom is -0.330 e. The third-order valence-corrected chi connectivity index (χ3v) is 4.36. The summed E-state index contributed by atoms with van der Waals surface area (Å²) in [4.78, 5) is 0. The van der Waals surface area contributed by atoms with Crippen LogP contribution in [0.15, 0.2) is 0 Å². The van der Waals surface area contributed by atoms with Crippen LogP contribution < -0.4 is 10.5 Å². The van der Waals surface area contributed by atoms with Crippen LogP contribution in [0.3, 0.4) is 0 Å². The SMILES string of the molecule is CCS(=O)(=O)NC1CCC(CN)CC1. The van der Waals surface area contributed by atoms with E-state index in [0.717, 1.165) is 32.2 Å². The van der Waals surface area contributed by atoms with E-state index in [1.54, 1.807) is 6.92 Å². The van der Waals surface area contributed by atoms with Crippen molar-refractivity contribution in [1.29, 1.82) is 0 Å². The molecule has 0 heterocycles. The molecule has 5 heteroatoms. The fourth-order valence-corrected chi connectivity index (χ4v) is 2.76. The summed E-state index contributed by atoms with van der Waals surface area (Å²) >= 11 is 0. The van der Waals surface area contributed by atoms with Gasteiger partial charge in [0.1, 0.15) is 0 Å². The van der Waals surface area contributed by atoms with Gasteiger partial charge in [-0.15, -0.1) is 0 Å². The fraction of sp³-hybridized carbons (Fsp3) is 1.00. The molecule has 0 radical (unpaired) electrons. The van der Waals surface area contributed by atoms with Crippen molar-refractivity contribution in [3.05, 3.63) is 0 Å². The van der Waals surface area contributed by atoms with E-state index in [4.69, 9.17) is 5.73 Å². The van der Waals surface area contributed by atoms with Crippen LogP contribution >= 0.6 is 0 Å². The van der Waals surface area contributed by atoms with E-state index in [1.165, 1.54) is 0 Å². The van der Waals surface area contributed by atoms with E-state index in [2.05, 4.69) is 4.72 Å². The Bertz CT molecular complexity index is 256. The number of nitrogens with one attached hydrogen (secondary N) is 1. The van der Waals surface area contributed by atoms with Gasteiger partial charge in [-0.05, 0) is 45.1 Å². The molecule has 0 unspecified atom stereocenters. The smallest absolute Gasteiger partial charge is 0.211 e. The van der Waals surface area contributed by atoms with Crippen LogP contribution in [0.5, 0.6) is 0 Å². The van der Waals surface area contributed by atoms with Crippen LogP contribution in [-0.2, 0) is 10.0 Å². The molecule has 4 nitrogen and oxygen atoms in total. The highest BCUT2D eigenvalue weighted by molar-refractivity contribution is 7.89. The fourth-order valence-electron chi connectivity index (χ4n) is 1.85. The predicted molar refractivity (Wildman–Crippen MR) is 57.4 cm³/mol. The van der Waals surface area contributed by atoms with Crippen molar-refractivity contribution in [3.8, 4) is 0 Å². The summed E-state index contributed by atoms with van der Waals surface area (Å²) < 4.78 is 25.3. The maximum atomic E-state index is 11.3. The van der Waals surface area contributed by atoms with Crippen molar-refractivity contribution in [1.82, 2.24) is 4.72 Å². The van der Waals surface area contributed by atoms with Crippen LogP contribution in [0.25, 0.3) is 0 Å². The second-order valence-corrected chi connectivity index (χ2v) is 6.02. The van der Waals surface area contributed by atoms with Crippen LogP contribution in [0.2, 0.25) is 0 Å². The standard InChI is InChI=1S/C9H20N2O2S/c1-2-14(12,13)11-9-5-3-8(7-10)4-6-9/h8-9,11H,2-7,10H2,1H3. The van der Waals surface area contributed by atoms with E-state index in [0.29, 0.717) is 5.92 Å². The van der Waals surface area contributed by atoms with Crippen LogP contribution in [0.4, 0.5) is 0 Å². The number of hydrogen-bond donors (Lipinski definition) is 2. The second kappa shape index (κ2) is 5.09. The lowest BCUT2D eigenvalue weighted by atomic mass is 9.87. The lowest BCUT2D eigenvalue weighted by molar-refractivity contribution is 0.319. The quantitative estimate of drug-likeness (QED) is 0.722. The maximum absolute atomic E-state index is 11.3. The minimum atomic E-state index is -3.02. The zero-order valence-electron chi connectivity index (χ0n) is 8.70. The molecule has 0 atom stereocenters. The first-order valence-electron chi connectivity index (χ1n) is 5.27. The van der Waals surface area contributed by atoms with Crippen molar-refractivity contribution < 1.29 is 8.42 Å². The lowest BCUT2D eigenvalue weighted by Crippen LogP contribution is -2.39. The van der Waals surface area contributed by atoms with Gasteiger partial charge in [-0.1, -0.05) is 0 Å². The summed E-state index contributed by atoms with van der Waals surface area (Å²) in [7, 11) is -3.02. The first-order valence-corrected chi connectivity index (χ1v) is 6.92. The Hall–Kier alpha value is -0.130. The van der Waals surface area contributed by atoms with E-state index >= 15 is 0 Å². The van der Waals surface area contributed by atoms with Crippen molar-refractivity contribution in [3.63, 3.8) is 0 Å². The lowest BCUT2D eigenvalue weighted by Gasteiger charge is -2.27. The highest BCUT2D eigenvalue weighted by Gasteiger charge is 2.22.